The summed E-state index contributed by atoms with van der Waals surface area (Å²) in [6.45, 7) is 6.02. The fraction of sp³-hybridized carbons (Fsp3) is 0.600. The van der Waals surface area contributed by atoms with Crippen molar-refractivity contribution in [3.63, 3.8) is 0 Å². The zero-order valence-corrected chi connectivity index (χ0v) is 4.81. The molecule has 0 atom stereocenters. The lowest BCUT2D eigenvalue weighted by Crippen LogP contribution is -2.13. The van der Waals surface area contributed by atoms with Gasteiger partial charge in [-0.15, -0.1) is 0 Å². The molecule has 0 saturated heterocycles. The molecule has 0 rings (SSSR count). The van der Waals surface area contributed by atoms with Gasteiger partial charge in [0, 0.05) is 13.6 Å². The van der Waals surface area contributed by atoms with E-state index in [4.69, 9.17) is 5.21 Å². The van der Waals surface area contributed by atoms with E-state index in [1.54, 1.807) is 7.05 Å². The lowest BCUT2D eigenvalue weighted by molar-refractivity contribution is -0.0556. The van der Waals surface area contributed by atoms with Crippen molar-refractivity contribution in [2.75, 3.05) is 13.6 Å². The number of nitrogens with zero attached hydrogens (tertiary/aromatic N) is 1. The van der Waals surface area contributed by atoms with Gasteiger partial charge in [0.2, 0.25) is 0 Å². The summed E-state index contributed by atoms with van der Waals surface area (Å²) in [5, 5.41) is 9.59. The van der Waals surface area contributed by atoms with Gasteiger partial charge in [0.25, 0.3) is 0 Å². The summed E-state index contributed by atoms with van der Waals surface area (Å²) < 4.78 is 0. The molecule has 0 aliphatic carbocycles. The second kappa shape index (κ2) is 2.77. The fourth-order valence-corrected chi connectivity index (χ4v) is 0.391. The van der Waals surface area contributed by atoms with E-state index < -0.39 is 0 Å². The van der Waals surface area contributed by atoms with Crippen LogP contribution < -0.4 is 0 Å². The summed E-state index contributed by atoms with van der Waals surface area (Å²) in [7, 11) is 1.59. The maximum atomic E-state index is 8.50. The van der Waals surface area contributed by atoms with Crippen LogP contribution in [-0.2, 0) is 0 Å². The molecule has 0 radical (unpaired) electrons. The van der Waals surface area contributed by atoms with Crippen molar-refractivity contribution < 1.29 is 5.21 Å². The molecule has 0 spiro atoms. The number of hydroxylamine groups is 2. The summed E-state index contributed by atoms with van der Waals surface area (Å²) in [6.07, 6.45) is 0. The van der Waals surface area contributed by atoms with Crippen molar-refractivity contribution in [3.05, 3.63) is 12.2 Å². The minimum absolute atomic E-state index is 0.556. The molecule has 0 unspecified atom stereocenters. The Kier molecular flexibility index (Phi) is 2.64. The van der Waals surface area contributed by atoms with Gasteiger partial charge in [0.1, 0.15) is 0 Å². The molecule has 0 bridgehead atoms. The fourth-order valence-electron chi connectivity index (χ4n) is 0.391. The van der Waals surface area contributed by atoms with Crippen molar-refractivity contribution in [1.29, 1.82) is 0 Å². The highest BCUT2D eigenvalue weighted by Crippen LogP contribution is 1.85. The standard InChI is InChI=1S/C5H11NO/c1-5(2)4-6(3)7/h7H,1,4H2,2-3H3. The lowest BCUT2D eigenvalue weighted by Gasteiger charge is -2.04. The molecule has 0 saturated carbocycles. The third kappa shape index (κ3) is 5.66. The van der Waals surface area contributed by atoms with Crippen molar-refractivity contribution in [1.82, 2.24) is 5.06 Å². The predicted molar refractivity (Wildman–Crippen MR) is 29.2 cm³/mol. The Morgan fingerprint density at radius 1 is 1.86 bits per heavy atom. The summed E-state index contributed by atoms with van der Waals surface area (Å²) in [5.41, 5.74) is 0.963. The molecule has 0 aliphatic rings. The Balaban J connectivity index is 3.13. The quantitative estimate of drug-likeness (QED) is 0.412. The largest absolute Gasteiger partial charge is 0.314 e. The topological polar surface area (TPSA) is 23.5 Å². The van der Waals surface area contributed by atoms with Crippen LogP contribution >= 0.6 is 0 Å². The van der Waals surface area contributed by atoms with Crippen LogP contribution in [0.25, 0.3) is 0 Å². The molecule has 7 heavy (non-hydrogen) atoms. The monoisotopic (exact) mass is 101 g/mol. The molecule has 2 nitrogen and oxygen atoms in total. The first kappa shape index (κ1) is 6.66. The first-order valence-corrected chi connectivity index (χ1v) is 2.17. The van der Waals surface area contributed by atoms with Gasteiger partial charge in [-0.2, -0.15) is 5.06 Å². The van der Waals surface area contributed by atoms with E-state index >= 15 is 0 Å². The van der Waals surface area contributed by atoms with Crippen LogP contribution in [-0.4, -0.2) is 23.9 Å². The number of likely N-dealkylation sites (N-methyl/N-ethyl adjacent to an activating group) is 1. The van der Waals surface area contributed by atoms with Gasteiger partial charge >= 0.3 is 0 Å². The summed E-state index contributed by atoms with van der Waals surface area (Å²) in [6, 6.07) is 0. The summed E-state index contributed by atoms with van der Waals surface area (Å²) in [5.74, 6) is 0. The number of rotatable bonds is 2. The maximum Gasteiger partial charge on any atom is 0.0439 e. The lowest BCUT2D eigenvalue weighted by atomic mass is 10.3. The zero-order chi connectivity index (χ0) is 5.86. The van der Waals surface area contributed by atoms with Crippen molar-refractivity contribution >= 4 is 0 Å². The maximum absolute atomic E-state index is 8.50. The van der Waals surface area contributed by atoms with E-state index in [1.165, 1.54) is 0 Å². The highest BCUT2D eigenvalue weighted by Gasteiger charge is 1.87. The van der Waals surface area contributed by atoms with E-state index in [2.05, 4.69) is 6.58 Å². The van der Waals surface area contributed by atoms with Crippen molar-refractivity contribution in [2.45, 2.75) is 6.92 Å². The number of hydrogen-bond acceptors (Lipinski definition) is 2. The zero-order valence-electron chi connectivity index (χ0n) is 4.81. The Bertz CT molecular complexity index is 68.5. The molecule has 0 aliphatic heterocycles. The molecule has 0 amide bonds. The van der Waals surface area contributed by atoms with Gasteiger partial charge in [0.15, 0.2) is 0 Å². The molecular formula is C5H11NO. The first-order chi connectivity index (χ1) is 3.13. The van der Waals surface area contributed by atoms with Crippen LogP contribution in [0.3, 0.4) is 0 Å². The third-order valence-electron chi connectivity index (χ3n) is 0.499. The molecule has 0 aromatic carbocycles. The Labute approximate surface area is 44.0 Å². The van der Waals surface area contributed by atoms with Gasteiger partial charge < -0.3 is 5.21 Å². The second-order valence-corrected chi connectivity index (χ2v) is 1.77. The second-order valence-electron chi connectivity index (χ2n) is 1.77. The average molecular weight is 101 g/mol. The Hall–Kier alpha value is -0.340. The normalized spacial score (nSPS) is 9.71. The molecule has 0 heterocycles. The Morgan fingerprint density at radius 3 is 2.29 bits per heavy atom. The van der Waals surface area contributed by atoms with Gasteiger partial charge in [-0.3, -0.25) is 0 Å². The summed E-state index contributed by atoms with van der Waals surface area (Å²) >= 11 is 0. The van der Waals surface area contributed by atoms with Crippen LogP contribution in [0.1, 0.15) is 6.92 Å². The SMILES string of the molecule is C=C(C)CN(C)O. The van der Waals surface area contributed by atoms with Crippen molar-refractivity contribution in [3.8, 4) is 0 Å². The average Bonchev–Trinajstić information content (AvgIpc) is 1.27. The molecule has 0 aromatic heterocycles. The molecular weight excluding hydrogens is 90.1 g/mol. The van der Waals surface area contributed by atoms with Gasteiger partial charge in [0.05, 0.1) is 0 Å². The Morgan fingerprint density at radius 2 is 2.29 bits per heavy atom. The van der Waals surface area contributed by atoms with E-state index in [9.17, 15) is 0 Å². The van der Waals surface area contributed by atoms with Crippen LogP contribution in [0, 0.1) is 0 Å². The van der Waals surface area contributed by atoms with Gasteiger partial charge in [-0.1, -0.05) is 12.2 Å². The molecule has 2 heteroatoms. The minimum Gasteiger partial charge on any atom is -0.314 e. The predicted octanol–water partition coefficient (Wildman–Crippen LogP) is 0.883. The van der Waals surface area contributed by atoms with E-state index in [0.29, 0.717) is 6.54 Å². The highest BCUT2D eigenvalue weighted by atomic mass is 16.5. The summed E-state index contributed by atoms with van der Waals surface area (Å²) in [4.78, 5) is 0. The highest BCUT2D eigenvalue weighted by molar-refractivity contribution is 4.89. The smallest absolute Gasteiger partial charge is 0.0439 e. The van der Waals surface area contributed by atoms with E-state index in [1.807, 2.05) is 6.92 Å². The van der Waals surface area contributed by atoms with Crippen LogP contribution in [0.15, 0.2) is 12.2 Å². The van der Waals surface area contributed by atoms with Crippen molar-refractivity contribution in [2.24, 2.45) is 0 Å². The number of hydrogen-bond donors (Lipinski definition) is 1. The first-order valence-electron chi connectivity index (χ1n) is 2.17. The minimum atomic E-state index is 0.556. The van der Waals surface area contributed by atoms with Gasteiger partial charge in [-0.25, -0.2) is 0 Å². The molecule has 42 valence electrons. The van der Waals surface area contributed by atoms with E-state index in [0.717, 1.165) is 10.6 Å². The van der Waals surface area contributed by atoms with Crippen LogP contribution in [0.4, 0.5) is 0 Å². The molecule has 0 fully saturated rings. The third-order valence-corrected chi connectivity index (χ3v) is 0.499. The van der Waals surface area contributed by atoms with E-state index in [-0.39, 0.29) is 0 Å². The molecule has 0 aromatic rings. The van der Waals surface area contributed by atoms with Crippen LogP contribution in [0.5, 0.6) is 0 Å². The van der Waals surface area contributed by atoms with Gasteiger partial charge in [-0.05, 0) is 6.92 Å². The molecule has 1 N–H and O–H groups in total. The van der Waals surface area contributed by atoms with Crippen LogP contribution in [0.2, 0.25) is 0 Å².